The van der Waals surface area contributed by atoms with E-state index in [1.807, 2.05) is 6.92 Å². The van der Waals surface area contributed by atoms with Crippen LogP contribution in [0.4, 0.5) is 11.9 Å². The Bertz CT molecular complexity index is 598. The molecule has 21 heavy (non-hydrogen) atoms. The number of likely N-dealkylation sites (N-methyl/N-ethyl adjacent to an activating group) is 2. The van der Waals surface area contributed by atoms with Crippen molar-refractivity contribution in [3.8, 4) is 5.95 Å². The van der Waals surface area contributed by atoms with E-state index in [1.165, 1.54) is 17.3 Å². The number of hydrazine groups is 1. The van der Waals surface area contributed by atoms with Crippen LogP contribution in [-0.4, -0.2) is 55.8 Å². The molecule has 0 saturated heterocycles. The molecule has 2 heterocycles. The van der Waals surface area contributed by atoms with E-state index in [2.05, 4.69) is 35.8 Å². The van der Waals surface area contributed by atoms with Crippen LogP contribution in [0.3, 0.4) is 0 Å². The molecular formula is C10H16N10O. The number of carbonyl (C=O) groups is 1. The van der Waals surface area contributed by atoms with Gasteiger partial charge >= 0.3 is 0 Å². The lowest BCUT2D eigenvalue weighted by atomic mass is 10.5. The quantitative estimate of drug-likeness (QED) is 0.420. The molecule has 0 aliphatic rings. The molecule has 0 aromatic carbocycles. The van der Waals surface area contributed by atoms with Crippen molar-refractivity contribution in [2.75, 3.05) is 30.5 Å². The highest BCUT2D eigenvalue weighted by Crippen LogP contribution is 2.11. The summed E-state index contributed by atoms with van der Waals surface area (Å²) in [6.07, 6.45) is 2.82. The Morgan fingerprint density at radius 1 is 1.43 bits per heavy atom. The second-order valence-corrected chi connectivity index (χ2v) is 3.93. The summed E-state index contributed by atoms with van der Waals surface area (Å²) in [5.74, 6) is 5.95. The molecule has 0 aliphatic carbocycles. The maximum Gasteiger partial charge on any atom is 0.258 e. The number of hydrogen-bond acceptors (Lipinski definition) is 9. The van der Waals surface area contributed by atoms with Crippen LogP contribution < -0.4 is 21.5 Å². The van der Waals surface area contributed by atoms with Crippen LogP contribution in [0.5, 0.6) is 0 Å². The molecule has 2 aromatic heterocycles. The number of carbonyl (C=O) groups excluding carboxylic acids is 1. The topological polar surface area (TPSA) is 140 Å². The molecular weight excluding hydrogens is 276 g/mol. The van der Waals surface area contributed by atoms with Crippen molar-refractivity contribution in [1.29, 1.82) is 0 Å². The van der Waals surface area contributed by atoms with Crippen molar-refractivity contribution in [3.63, 3.8) is 0 Å². The van der Waals surface area contributed by atoms with Crippen LogP contribution in [0.2, 0.25) is 0 Å². The van der Waals surface area contributed by atoms with Crippen molar-refractivity contribution in [2.45, 2.75) is 6.92 Å². The van der Waals surface area contributed by atoms with E-state index in [0.717, 1.165) is 0 Å². The second kappa shape index (κ2) is 6.56. The van der Waals surface area contributed by atoms with Crippen LogP contribution in [0.25, 0.3) is 5.95 Å². The molecule has 0 saturated carbocycles. The Morgan fingerprint density at radius 3 is 2.81 bits per heavy atom. The highest BCUT2D eigenvalue weighted by molar-refractivity contribution is 5.80. The molecule has 4 N–H and O–H groups in total. The average molecular weight is 292 g/mol. The van der Waals surface area contributed by atoms with Gasteiger partial charge in [-0.15, -0.1) is 0 Å². The zero-order chi connectivity index (χ0) is 15.2. The summed E-state index contributed by atoms with van der Waals surface area (Å²) in [5, 5.41) is 6.50. The number of hydrogen-bond donors (Lipinski definition) is 3. The molecule has 0 atom stereocenters. The van der Waals surface area contributed by atoms with Crippen LogP contribution in [0.1, 0.15) is 6.92 Å². The number of nitrogens with two attached hydrogens (primary N) is 1. The minimum atomic E-state index is -0.151. The summed E-state index contributed by atoms with van der Waals surface area (Å²) in [4.78, 5) is 29.5. The van der Waals surface area contributed by atoms with Gasteiger partial charge in [-0.3, -0.25) is 10.2 Å². The zero-order valence-electron chi connectivity index (χ0n) is 11.7. The van der Waals surface area contributed by atoms with Crippen LogP contribution in [0, 0.1) is 0 Å². The number of nitrogens with one attached hydrogen (secondary N) is 2. The molecule has 0 spiro atoms. The van der Waals surface area contributed by atoms with Gasteiger partial charge in [-0.2, -0.15) is 24.7 Å². The first kappa shape index (κ1) is 14.6. The van der Waals surface area contributed by atoms with E-state index in [0.29, 0.717) is 12.5 Å². The van der Waals surface area contributed by atoms with Gasteiger partial charge in [0.1, 0.15) is 12.7 Å². The summed E-state index contributed by atoms with van der Waals surface area (Å²) in [5.41, 5.74) is 2.37. The van der Waals surface area contributed by atoms with Gasteiger partial charge in [0.2, 0.25) is 17.8 Å². The molecule has 112 valence electrons. The van der Waals surface area contributed by atoms with E-state index in [-0.39, 0.29) is 24.3 Å². The number of aromatic nitrogens is 6. The van der Waals surface area contributed by atoms with E-state index in [9.17, 15) is 4.79 Å². The zero-order valence-corrected chi connectivity index (χ0v) is 11.7. The number of nitrogen functional groups attached to an aromatic ring is 1. The molecule has 11 heteroatoms. The number of nitrogens with zero attached hydrogens (tertiary/aromatic N) is 7. The lowest BCUT2D eigenvalue weighted by Crippen LogP contribution is -2.37. The van der Waals surface area contributed by atoms with Gasteiger partial charge in [-0.25, -0.2) is 10.8 Å². The summed E-state index contributed by atoms with van der Waals surface area (Å²) in [7, 11) is 1.57. The number of rotatable bonds is 6. The van der Waals surface area contributed by atoms with Crippen LogP contribution in [-0.2, 0) is 4.79 Å². The van der Waals surface area contributed by atoms with Crippen molar-refractivity contribution >= 4 is 17.8 Å². The van der Waals surface area contributed by atoms with E-state index < -0.39 is 0 Å². The van der Waals surface area contributed by atoms with Gasteiger partial charge in [-0.05, 0) is 6.92 Å². The largest absolute Gasteiger partial charge is 0.358 e. The lowest BCUT2D eigenvalue weighted by Gasteiger charge is -2.20. The van der Waals surface area contributed by atoms with Crippen LogP contribution in [0.15, 0.2) is 12.7 Å². The second-order valence-electron chi connectivity index (χ2n) is 3.93. The standard InChI is InChI=1S/C10H16N10O/c1-3-19(4-7(21)12-2)9-15-8(18-11)16-10(17-9)20-6-13-5-14-20/h5-6H,3-4,11H2,1-2H3,(H,12,21)(H,15,16,17,18). The normalized spacial score (nSPS) is 10.2. The van der Waals surface area contributed by atoms with E-state index in [1.54, 1.807) is 11.9 Å². The SMILES string of the molecule is CCN(CC(=O)NC)c1nc(NN)nc(-n2cncn2)n1. The molecule has 11 nitrogen and oxygen atoms in total. The van der Waals surface area contributed by atoms with Crippen molar-refractivity contribution in [1.82, 2.24) is 35.0 Å². The third-order valence-corrected chi connectivity index (χ3v) is 2.64. The summed E-state index contributed by atoms with van der Waals surface area (Å²) < 4.78 is 1.37. The van der Waals surface area contributed by atoms with Crippen molar-refractivity contribution in [3.05, 3.63) is 12.7 Å². The first-order chi connectivity index (χ1) is 10.2. The molecule has 1 amide bonds. The van der Waals surface area contributed by atoms with Crippen molar-refractivity contribution in [2.24, 2.45) is 5.84 Å². The van der Waals surface area contributed by atoms with E-state index >= 15 is 0 Å². The fourth-order valence-corrected chi connectivity index (χ4v) is 1.55. The first-order valence-corrected chi connectivity index (χ1v) is 6.21. The third-order valence-electron chi connectivity index (χ3n) is 2.64. The highest BCUT2D eigenvalue weighted by Gasteiger charge is 2.15. The smallest absolute Gasteiger partial charge is 0.258 e. The van der Waals surface area contributed by atoms with Gasteiger partial charge < -0.3 is 10.2 Å². The number of amides is 1. The number of anilines is 2. The monoisotopic (exact) mass is 292 g/mol. The Labute approximate surface area is 120 Å². The van der Waals surface area contributed by atoms with Gasteiger partial charge in [0, 0.05) is 13.6 Å². The van der Waals surface area contributed by atoms with Crippen molar-refractivity contribution < 1.29 is 4.79 Å². The minimum absolute atomic E-state index is 0.123. The molecule has 0 aliphatic heterocycles. The molecule has 0 unspecified atom stereocenters. The Balaban J connectivity index is 2.37. The molecule has 2 rings (SSSR count). The maximum atomic E-state index is 11.5. The van der Waals surface area contributed by atoms with Crippen LogP contribution >= 0.6 is 0 Å². The Hall–Kier alpha value is -2.82. The lowest BCUT2D eigenvalue weighted by molar-refractivity contribution is -0.119. The van der Waals surface area contributed by atoms with Gasteiger partial charge in [0.15, 0.2) is 0 Å². The molecule has 0 fully saturated rings. The van der Waals surface area contributed by atoms with Gasteiger partial charge in [0.25, 0.3) is 5.95 Å². The molecule has 0 radical (unpaired) electrons. The Kier molecular flexibility index (Phi) is 4.56. The highest BCUT2D eigenvalue weighted by atomic mass is 16.1. The van der Waals surface area contributed by atoms with Gasteiger partial charge in [-0.1, -0.05) is 0 Å². The predicted octanol–water partition coefficient (Wildman–Crippen LogP) is -1.69. The average Bonchev–Trinajstić information content (AvgIpc) is 3.06. The van der Waals surface area contributed by atoms with E-state index in [4.69, 9.17) is 5.84 Å². The maximum absolute atomic E-state index is 11.5. The van der Waals surface area contributed by atoms with Gasteiger partial charge in [0.05, 0.1) is 6.54 Å². The fraction of sp³-hybridized carbons (Fsp3) is 0.400. The Morgan fingerprint density at radius 2 is 2.24 bits per heavy atom. The third kappa shape index (κ3) is 3.39. The summed E-state index contributed by atoms with van der Waals surface area (Å²) in [6, 6.07) is 0. The molecule has 0 bridgehead atoms. The summed E-state index contributed by atoms with van der Waals surface area (Å²) >= 11 is 0. The first-order valence-electron chi connectivity index (χ1n) is 6.21. The fourth-order valence-electron chi connectivity index (χ4n) is 1.55. The predicted molar refractivity (Wildman–Crippen MR) is 74.5 cm³/mol. The minimum Gasteiger partial charge on any atom is -0.358 e. The summed E-state index contributed by atoms with van der Waals surface area (Å²) in [6.45, 7) is 2.55. The molecule has 2 aromatic rings.